The maximum absolute atomic E-state index is 13.7. The van der Waals surface area contributed by atoms with E-state index in [-0.39, 0.29) is 17.0 Å². The van der Waals surface area contributed by atoms with Crippen molar-refractivity contribution in [3.05, 3.63) is 41.5 Å². The molecular weight excluding hydrogens is 299 g/mol. The lowest BCUT2D eigenvalue weighted by Crippen LogP contribution is -2.49. The van der Waals surface area contributed by atoms with Crippen molar-refractivity contribution in [1.82, 2.24) is 14.9 Å². The Balaban J connectivity index is 1.68. The number of nitrogens with zero attached hydrogens (tertiary/aromatic N) is 4. The molecular formula is C13H12ClFN4O2. The van der Waals surface area contributed by atoms with Gasteiger partial charge >= 0.3 is 0 Å². The van der Waals surface area contributed by atoms with E-state index in [2.05, 4.69) is 9.97 Å². The Morgan fingerprint density at radius 3 is 2.76 bits per heavy atom. The third-order valence-corrected chi connectivity index (χ3v) is 3.48. The van der Waals surface area contributed by atoms with Crippen LogP contribution in [0.1, 0.15) is 10.6 Å². The molecule has 1 aliphatic heterocycles. The first-order chi connectivity index (χ1) is 10.1. The minimum absolute atomic E-state index is 0.000455. The number of piperazine rings is 1. The Kier molecular flexibility index (Phi) is 3.74. The van der Waals surface area contributed by atoms with E-state index in [1.165, 1.54) is 6.26 Å². The maximum Gasteiger partial charge on any atom is 0.289 e. The predicted molar refractivity (Wildman–Crippen MR) is 73.8 cm³/mol. The number of carbonyl (C=O) groups excluding carboxylic acids is 1. The van der Waals surface area contributed by atoms with E-state index >= 15 is 0 Å². The largest absolute Gasteiger partial charge is 0.459 e. The predicted octanol–water partition coefficient (Wildman–Crippen LogP) is 1.82. The summed E-state index contributed by atoms with van der Waals surface area (Å²) in [5.41, 5.74) is 0. The average molecular weight is 311 g/mol. The second-order valence-electron chi connectivity index (χ2n) is 4.57. The zero-order valence-electron chi connectivity index (χ0n) is 11.0. The molecule has 2 aromatic rings. The van der Waals surface area contributed by atoms with E-state index in [0.717, 1.165) is 6.20 Å². The van der Waals surface area contributed by atoms with Crippen molar-refractivity contribution in [3.8, 4) is 0 Å². The Hall–Kier alpha value is -2.15. The van der Waals surface area contributed by atoms with Gasteiger partial charge in [-0.15, -0.1) is 0 Å². The molecule has 0 spiro atoms. The lowest BCUT2D eigenvalue weighted by Gasteiger charge is -2.35. The van der Waals surface area contributed by atoms with Gasteiger partial charge in [-0.25, -0.2) is 9.37 Å². The first-order valence-electron chi connectivity index (χ1n) is 6.41. The lowest BCUT2D eigenvalue weighted by molar-refractivity contribution is 0.0714. The standard InChI is InChI=1S/C13H12ClFN4O2/c14-13-16-8-9(15)11(17-13)18-3-5-19(6-4-18)12(20)10-2-1-7-21-10/h1-2,7-8H,3-6H2. The number of halogens is 2. The van der Waals surface area contributed by atoms with Gasteiger partial charge in [0.2, 0.25) is 5.28 Å². The van der Waals surface area contributed by atoms with Crippen LogP contribution < -0.4 is 4.90 Å². The van der Waals surface area contributed by atoms with E-state index in [9.17, 15) is 9.18 Å². The van der Waals surface area contributed by atoms with Crippen molar-refractivity contribution in [3.63, 3.8) is 0 Å². The van der Waals surface area contributed by atoms with Crippen LogP contribution >= 0.6 is 11.6 Å². The molecule has 110 valence electrons. The molecule has 1 fully saturated rings. The molecule has 3 heterocycles. The van der Waals surface area contributed by atoms with Crippen molar-refractivity contribution in [2.45, 2.75) is 0 Å². The summed E-state index contributed by atoms with van der Waals surface area (Å²) >= 11 is 5.69. The number of carbonyl (C=O) groups is 1. The fraction of sp³-hybridized carbons (Fsp3) is 0.308. The topological polar surface area (TPSA) is 62.5 Å². The zero-order valence-corrected chi connectivity index (χ0v) is 11.8. The van der Waals surface area contributed by atoms with Gasteiger partial charge in [0.05, 0.1) is 12.5 Å². The third-order valence-electron chi connectivity index (χ3n) is 3.29. The van der Waals surface area contributed by atoms with Crippen molar-refractivity contribution < 1.29 is 13.6 Å². The van der Waals surface area contributed by atoms with E-state index in [4.69, 9.17) is 16.0 Å². The molecule has 0 aromatic carbocycles. The summed E-state index contributed by atoms with van der Waals surface area (Å²) in [5.74, 6) is -0.217. The fourth-order valence-corrected chi connectivity index (χ4v) is 2.37. The first-order valence-corrected chi connectivity index (χ1v) is 6.79. The highest BCUT2D eigenvalue weighted by Crippen LogP contribution is 2.19. The van der Waals surface area contributed by atoms with Gasteiger partial charge in [0.1, 0.15) is 0 Å². The van der Waals surface area contributed by atoms with Gasteiger partial charge in [-0.3, -0.25) is 4.79 Å². The Labute approximate surface area is 125 Å². The smallest absolute Gasteiger partial charge is 0.289 e. The van der Waals surface area contributed by atoms with Crippen molar-refractivity contribution in [2.24, 2.45) is 0 Å². The average Bonchev–Trinajstić information content (AvgIpc) is 3.03. The van der Waals surface area contributed by atoms with Gasteiger partial charge in [-0.1, -0.05) is 0 Å². The molecule has 0 bridgehead atoms. The molecule has 1 amide bonds. The monoisotopic (exact) mass is 310 g/mol. The zero-order chi connectivity index (χ0) is 14.8. The van der Waals surface area contributed by atoms with Gasteiger partial charge in [-0.2, -0.15) is 4.98 Å². The van der Waals surface area contributed by atoms with Crippen molar-refractivity contribution in [1.29, 1.82) is 0 Å². The second-order valence-corrected chi connectivity index (χ2v) is 4.91. The number of hydrogen-bond acceptors (Lipinski definition) is 5. The summed E-state index contributed by atoms with van der Waals surface area (Å²) in [4.78, 5) is 23.0. The lowest BCUT2D eigenvalue weighted by atomic mass is 10.3. The molecule has 1 aliphatic rings. The molecule has 0 saturated carbocycles. The minimum atomic E-state index is -0.523. The number of amides is 1. The van der Waals surface area contributed by atoms with Crippen LogP contribution in [0.5, 0.6) is 0 Å². The van der Waals surface area contributed by atoms with Crippen LogP contribution in [0.3, 0.4) is 0 Å². The molecule has 0 unspecified atom stereocenters. The molecule has 3 rings (SSSR count). The molecule has 21 heavy (non-hydrogen) atoms. The molecule has 0 radical (unpaired) electrons. The first kappa shape index (κ1) is 13.8. The number of hydrogen-bond donors (Lipinski definition) is 0. The van der Waals surface area contributed by atoms with Gasteiger partial charge in [-0.05, 0) is 23.7 Å². The van der Waals surface area contributed by atoms with E-state index in [1.54, 1.807) is 21.9 Å². The van der Waals surface area contributed by atoms with Crippen LogP contribution in [0.4, 0.5) is 10.2 Å². The molecule has 1 saturated heterocycles. The highest BCUT2D eigenvalue weighted by Gasteiger charge is 2.25. The molecule has 0 atom stereocenters. The van der Waals surface area contributed by atoms with E-state index < -0.39 is 5.82 Å². The normalized spacial score (nSPS) is 15.3. The van der Waals surface area contributed by atoms with Gasteiger partial charge in [0.15, 0.2) is 17.4 Å². The summed E-state index contributed by atoms with van der Waals surface area (Å²) in [5, 5.41) is 0.000455. The van der Waals surface area contributed by atoms with Crippen LogP contribution in [0.15, 0.2) is 29.0 Å². The highest BCUT2D eigenvalue weighted by molar-refractivity contribution is 6.28. The van der Waals surface area contributed by atoms with Crippen LogP contribution in [-0.2, 0) is 0 Å². The number of aromatic nitrogens is 2. The number of anilines is 1. The quantitative estimate of drug-likeness (QED) is 0.792. The third kappa shape index (κ3) is 2.82. The molecule has 6 nitrogen and oxygen atoms in total. The van der Waals surface area contributed by atoms with Crippen LogP contribution in [-0.4, -0.2) is 47.0 Å². The maximum atomic E-state index is 13.7. The van der Waals surface area contributed by atoms with Gasteiger partial charge in [0, 0.05) is 26.2 Å². The van der Waals surface area contributed by atoms with Crippen LogP contribution in [0, 0.1) is 5.82 Å². The van der Waals surface area contributed by atoms with Crippen LogP contribution in [0.25, 0.3) is 0 Å². The van der Waals surface area contributed by atoms with Crippen LogP contribution in [0.2, 0.25) is 5.28 Å². The highest BCUT2D eigenvalue weighted by atomic mass is 35.5. The van der Waals surface area contributed by atoms with E-state index in [0.29, 0.717) is 31.9 Å². The van der Waals surface area contributed by atoms with Crippen molar-refractivity contribution >= 4 is 23.3 Å². The molecule has 0 aliphatic carbocycles. The van der Waals surface area contributed by atoms with Crippen molar-refractivity contribution in [2.75, 3.05) is 31.1 Å². The summed E-state index contributed by atoms with van der Waals surface area (Å²) in [6.07, 6.45) is 2.51. The summed E-state index contributed by atoms with van der Waals surface area (Å²) < 4.78 is 18.8. The SMILES string of the molecule is O=C(c1ccco1)N1CCN(c2nc(Cl)ncc2F)CC1. The Morgan fingerprint density at radius 1 is 1.33 bits per heavy atom. The van der Waals surface area contributed by atoms with Gasteiger partial charge < -0.3 is 14.2 Å². The minimum Gasteiger partial charge on any atom is -0.459 e. The molecule has 8 heteroatoms. The Morgan fingerprint density at radius 2 is 2.10 bits per heavy atom. The summed E-state index contributed by atoms with van der Waals surface area (Å²) in [6, 6.07) is 3.29. The molecule has 2 aromatic heterocycles. The molecule has 0 N–H and O–H groups in total. The Bertz CT molecular complexity index is 642. The second kappa shape index (κ2) is 5.69. The van der Waals surface area contributed by atoms with Gasteiger partial charge in [0.25, 0.3) is 5.91 Å². The summed E-state index contributed by atoms with van der Waals surface area (Å²) in [7, 11) is 0. The summed E-state index contributed by atoms with van der Waals surface area (Å²) in [6.45, 7) is 1.86. The van der Waals surface area contributed by atoms with E-state index in [1.807, 2.05) is 0 Å². The fourth-order valence-electron chi connectivity index (χ4n) is 2.24. The number of furan rings is 1. The number of rotatable bonds is 2.